The molecule has 0 bridgehead atoms. The number of carbonyl (C=O) groups excluding carboxylic acids is 1. The monoisotopic (exact) mass is 393 g/mol. The van der Waals surface area contributed by atoms with Gasteiger partial charge in [-0.1, -0.05) is 37.6 Å². The topological polar surface area (TPSA) is 75.3 Å². The summed E-state index contributed by atoms with van der Waals surface area (Å²) in [6.07, 6.45) is 1.18. The van der Waals surface area contributed by atoms with Crippen molar-refractivity contribution in [3.63, 3.8) is 0 Å². The largest absolute Gasteiger partial charge is 0.481 e. The normalized spacial score (nSPS) is 12.0. The highest BCUT2D eigenvalue weighted by Gasteiger charge is 2.23. The van der Waals surface area contributed by atoms with Crippen molar-refractivity contribution >= 4 is 16.8 Å². The minimum Gasteiger partial charge on any atom is -0.481 e. The fourth-order valence-electron chi connectivity index (χ4n) is 3.21. The molecule has 6 nitrogen and oxygen atoms in total. The molecule has 0 aliphatic rings. The van der Waals surface area contributed by atoms with Gasteiger partial charge in [-0.3, -0.25) is 9.59 Å². The minimum absolute atomic E-state index is 0.129. The van der Waals surface area contributed by atoms with Crippen molar-refractivity contribution in [3.8, 4) is 5.75 Å². The molecule has 0 spiro atoms. The summed E-state index contributed by atoms with van der Waals surface area (Å²) in [6, 6.07) is 14.8. The number of aryl methyl sites for hydroxylation is 1. The van der Waals surface area contributed by atoms with E-state index in [2.05, 4.69) is 16.9 Å². The van der Waals surface area contributed by atoms with Crippen LogP contribution in [-0.4, -0.2) is 33.4 Å². The van der Waals surface area contributed by atoms with E-state index in [0.717, 1.165) is 18.4 Å². The van der Waals surface area contributed by atoms with Crippen LogP contribution in [0.5, 0.6) is 5.75 Å². The predicted molar refractivity (Wildman–Crippen MR) is 114 cm³/mol. The molecule has 29 heavy (non-hydrogen) atoms. The average Bonchev–Trinajstić information content (AvgIpc) is 2.70. The lowest BCUT2D eigenvalue weighted by atomic mass is 10.2. The Morgan fingerprint density at radius 1 is 1.21 bits per heavy atom. The lowest BCUT2D eigenvalue weighted by Gasteiger charge is -2.26. The number of aromatic amines is 1. The third kappa shape index (κ3) is 5.22. The SMILES string of the molecule is CCCCN(Cc1nc2ccccc2c(=O)[nH]1)C(=O)[C@@H](C)Oc1cccc(C)c1. The molecule has 2 aromatic carbocycles. The van der Waals surface area contributed by atoms with E-state index < -0.39 is 6.10 Å². The maximum atomic E-state index is 13.1. The number of nitrogens with one attached hydrogen (secondary N) is 1. The van der Waals surface area contributed by atoms with Gasteiger partial charge in [-0.2, -0.15) is 0 Å². The first-order valence-corrected chi connectivity index (χ1v) is 9.98. The number of rotatable bonds is 8. The van der Waals surface area contributed by atoms with Crippen LogP contribution in [0.25, 0.3) is 10.9 Å². The molecule has 1 aromatic heterocycles. The van der Waals surface area contributed by atoms with E-state index in [1.807, 2.05) is 37.3 Å². The number of H-pyrrole nitrogens is 1. The number of fused-ring (bicyclic) bond motifs is 1. The number of hydrogen-bond donors (Lipinski definition) is 1. The standard InChI is InChI=1S/C23H27N3O3/c1-4-5-13-26(23(28)17(3)29-18-10-8-9-16(2)14-18)15-21-24-20-12-7-6-11-19(20)22(27)25-21/h6-12,14,17H,4-5,13,15H2,1-3H3,(H,24,25,27)/t17-/m1/s1. The summed E-state index contributed by atoms with van der Waals surface area (Å²) in [4.78, 5) is 34.5. The summed E-state index contributed by atoms with van der Waals surface area (Å²) in [7, 11) is 0. The third-order valence-electron chi connectivity index (χ3n) is 4.75. The van der Waals surface area contributed by atoms with E-state index in [9.17, 15) is 9.59 Å². The number of aromatic nitrogens is 2. The summed E-state index contributed by atoms with van der Waals surface area (Å²) >= 11 is 0. The molecule has 3 aromatic rings. The average molecular weight is 393 g/mol. The first kappa shape index (κ1) is 20.6. The second-order valence-electron chi connectivity index (χ2n) is 7.22. The van der Waals surface area contributed by atoms with Crippen LogP contribution in [0.1, 0.15) is 38.1 Å². The van der Waals surface area contributed by atoms with E-state index >= 15 is 0 Å². The fourth-order valence-corrected chi connectivity index (χ4v) is 3.21. The van der Waals surface area contributed by atoms with Crippen LogP contribution in [0, 0.1) is 6.92 Å². The Bertz CT molecular complexity index is 1040. The van der Waals surface area contributed by atoms with Crippen molar-refractivity contribution in [2.24, 2.45) is 0 Å². The van der Waals surface area contributed by atoms with Crippen LogP contribution in [0.4, 0.5) is 0 Å². The Morgan fingerprint density at radius 2 is 2.00 bits per heavy atom. The maximum absolute atomic E-state index is 13.1. The van der Waals surface area contributed by atoms with E-state index in [-0.39, 0.29) is 18.0 Å². The van der Waals surface area contributed by atoms with Crippen molar-refractivity contribution in [1.29, 1.82) is 0 Å². The molecule has 0 aliphatic heterocycles. The van der Waals surface area contributed by atoms with Gasteiger partial charge in [0.1, 0.15) is 11.6 Å². The molecule has 6 heteroatoms. The van der Waals surface area contributed by atoms with Gasteiger partial charge in [-0.25, -0.2) is 4.98 Å². The van der Waals surface area contributed by atoms with Gasteiger partial charge in [0.25, 0.3) is 11.5 Å². The van der Waals surface area contributed by atoms with Gasteiger partial charge in [0, 0.05) is 6.54 Å². The smallest absolute Gasteiger partial charge is 0.263 e. The number of unbranched alkanes of at least 4 members (excludes halogenated alkanes) is 1. The van der Waals surface area contributed by atoms with Crippen LogP contribution < -0.4 is 10.3 Å². The predicted octanol–water partition coefficient (Wildman–Crippen LogP) is 3.83. The minimum atomic E-state index is -0.638. The van der Waals surface area contributed by atoms with Gasteiger partial charge in [-0.05, 0) is 50.1 Å². The highest BCUT2D eigenvalue weighted by atomic mass is 16.5. The van der Waals surface area contributed by atoms with Gasteiger partial charge in [0.05, 0.1) is 17.4 Å². The molecule has 1 heterocycles. The molecular weight excluding hydrogens is 366 g/mol. The Balaban J connectivity index is 1.79. The summed E-state index contributed by atoms with van der Waals surface area (Å²) < 4.78 is 5.87. The molecule has 0 aliphatic carbocycles. The molecular formula is C23H27N3O3. The van der Waals surface area contributed by atoms with E-state index in [1.165, 1.54) is 0 Å². The molecule has 0 radical (unpaired) electrons. The van der Waals surface area contributed by atoms with Crippen molar-refractivity contribution in [2.75, 3.05) is 6.54 Å². The Kier molecular flexibility index (Phi) is 6.65. The Hall–Kier alpha value is -3.15. The first-order chi connectivity index (χ1) is 14.0. The van der Waals surface area contributed by atoms with Gasteiger partial charge in [0.2, 0.25) is 0 Å². The Morgan fingerprint density at radius 3 is 2.76 bits per heavy atom. The second-order valence-corrected chi connectivity index (χ2v) is 7.22. The van der Waals surface area contributed by atoms with Crippen LogP contribution in [-0.2, 0) is 11.3 Å². The van der Waals surface area contributed by atoms with E-state index in [1.54, 1.807) is 30.0 Å². The van der Waals surface area contributed by atoms with Crippen molar-refractivity contribution in [2.45, 2.75) is 46.3 Å². The van der Waals surface area contributed by atoms with Crippen LogP contribution in [0.2, 0.25) is 0 Å². The molecule has 0 unspecified atom stereocenters. The zero-order valence-corrected chi connectivity index (χ0v) is 17.1. The van der Waals surface area contributed by atoms with E-state index in [0.29, 0.717) is 29.0 Å². The maximum Gasteiger partial charge on any atom is 0.263 e. The highest BCUT2D eigenvalue weighted by Crippen LogP contribution is 2.16. The summed E-state index contributed by atoms with van der Waals surface area (Å²) in [5.74, 6) is 1.01. The first-order valence-electron chi connectivity index (χ1n) is 9.98. The van der Waals surface area contributed by atoms with Crippen molar-refractivity contribution in [3.05, 3.63) is 70.3 Å². The van der Waals surface area contributed by atoms with Gasteiger partial charge in [0.15, 0.2) is 6.10 Å². The molecule has 0 saturated heterocycles. The molecule has 0 saturated carbocycles. The lowest BCUT2D eigenvalue weighted by Crippen LogP contribution is -2.41. The van der Waals surface area contributed by atoms with Gasteiger partial charge >= 0.3 is 0 Å². The summed E-state index contributed by atoms with van der Waals surface area (Å²) in [5.41, 5.74) is 1.50. The van der Waals surface area contributed by atoms with E-state index in [4.69, 9.17) is 4.74 Å². The molecule has 3 rings (SSSR count). The number of carbonyl (C=O) groups is 1. The molecule has 0 fully saturated rings. The summed E-state index contributed by atoms with van der Waals surface area (Å²) in [6.45, 7) is 6.62. The zero-order chi connectivity index (χ0) is 20.8. The molecule has 1 amide bonds. The highest BCUT2D eigenvalue weighted by molar-refractivity contribution is 5.81. The number of ether oxygens (including phenoxy) is 1. The molecule has 1 N–H and O–H groups in total. The number of benzene rings is 2. The number of amides is 1. The van der Waals surface area contributed by atoms with Crippen molar-refractivity contribution < 1.29 is 9.53 Å². The summed E-state index contributed by atoms with van der Waals surface area (Å²) in [5, 5.41) is 0.541. The second kappa shape index (κ2) is 9.37. The van der Waals surface area contributed by atoms with Crippen LogP contribution in [0.15, 0.2) is 53.3 Å². The quantitative estimate of drug-likeness (QED) is 0.631. The number of hydrogen-bond acceptors (Lipinski definition) is 4. The zero-order valence-electron chi connectivity index (χ0n) is 17.1. The van der Waals surface area contributed by atoms with Crippen molar-refractivity contribution in [1.82, 2.24) is 14.9 Å². The molecule has 152 valence electrons. The lowest BCUT2D eigenvalue weighted by molar-refractivity contribution is -0.138. The van der Waals surface area contributed by atoms with Gasteiger partial charge in [-0.15, -0.1) is 0 Å². The third-order valence-corrected chi connectivity index (χ3v) is 4.75. The Labute approximate surface area is 170 Å². The van der Waals surface area contributed by atoms with Crippen LogP contribution in [0.3, 0.4) is 0 Å². The fraction of sp³-hybridized carbons (Fsp3) is 0.348. The number of para-hydroxylation sites is 1. The molecule has 1 atom stereocenters. The van der Waals surface area contributed by atoms with Gasteiger partial charge < -0.3 is 14.6 Å². The number of nitrogens with zero attached hydrogens (tertiary/aromatic N) is 2. The van der Waals surface area contributed by atoms with Crippen LogP contribution >= 0.6 is 0 Å².